The first-order valence-corrected chi connectivity index (χ1v) is 11.2. The molecule has 0 aliphatic heterocycles. The Bertz CT molecular complexity index is 824. The summed E-state index contributed by atoms with van der Waals surface area (Å²) in [6.45, 7) is 2.65. The predicted molar refractivity (Wildman–Crippen MR) is 111 cm³/mol. The van der Waals surface area contributed by atoms with Gasteiger partial charge in [0, 0.05) is 17.6 Å². The Hall–Kier alpha value is -1.70. The number of halogens is 1. The van der Waals surface area contributed by atoms with Gasteiger partial charge in [-0.25, -0.2) is 8.42 Å². The maximum Gasteiger partial charge on any atom is 0.243 e. The third-order valence-electron chi connectivity index (χ3n) is 4.12. The van der Waals surface area contributed by atoms with Gasteiger partial charge in [-0.15, -0.1) is 0 Å². The van der Waals surface area contributed by atoms with Crippen LogP contribution in [-0.4, -0.2) is 38.3 Å². The van der Waals surface area contributed by atoms with Gasteiger partial charge >= 0.3 is 0 Å². The molecule has 0 aromatic heterocycles. The molecule has 0 heterocycles. The van der Waals surface area contributed by atoms with Crippen molar-refractivity contribution < 1.29 is 13.2 Å². The second kappa shape index (κ2) is 10.6. The Labute approximate surface area is 170 Å². The van der Waals surface area contributed by atoms with Crippen molar-refractivity contribution in [3.8, 4) is 0 Å². The molecular weight excluding hydrogens is 428 g/mol. The molecule has 0 fully saturated rings. The lowest BCUT2D eigenvalue weighted by Gasteiger charge is -2.22. The van der Waals surface area contributed by atoms with Crippen LogP contribution in [0.3, 0.4) is 0 Å². The topological polar surface area (TPSA) is 66.5 Å². The fourth-order valence-electron chi connectivity index (χ4n) is 2.56. The van der Waals surface area contributed by atoms with E-state index < -0.39 is 10.0 Å². The van der Waals surface area contributed by atoms with Crippen LogP contribution in [0, 0.1) is 0 Å². The average molecular weight is 453 g/mol. The molecule has 5 nitrogen and oxygen atoms in total. The van der Waals surface area contributed by atoms with Gasteiger partial charge in [-0.2, -0.15) is 4.31 Å². The molecule has 27 heavy (non-hydrogen) atoms. The monoisotopic (exact) mass is 452 g/mol. The summed E-state index contributed by atoms with van der Waals surface area (Å²) in [5.41, 5.74) is 1.03. The second-order valence-electron chi connectivity index (χ2n) is 6.23. The molecule has 2 aromatic carbocycles. The van der Waals surface area contributed by atoms with Gasteiger partial charge in [0.05, 0.1) is 11.4 Å². The summed E-state index contributed by atoms with van der Waals surface area (Å²) in [5.74, 6) is -0.280. The first-order valence-electron chi connectivity index (χ1n) is 9.00. The zero-order valence-electron chi connectivity index (χ0n) is 15.4. The van der Waals surface area contributed by atoms with Gasteiger partial charge in [0.2, 0.25) is 15.9 Å². The maximum absolute atomic E-state index is 13.1. The lowest BCUT2D eigenvalue weighted by Crippen LogP contribution is -2.41. The Morgan fingerprint density at radius 1 is 1.07 bits per heavy atom. The molecule has 1 amide bonds. The standard InChI is InChI=1S/C20H25BrN2O3S/c1-2-3-14-22-20(24)16-23(15-13-17-7-5-4-6-8-17)27(25,26)19-11-9-18(21)10-12-19/h4-12H,2-3,13-16H2,1H3,(H,22,24). The van der Waals surface area contributed by atoms with Crippen LogP contribution in [0.4, 0.5) is 0 Å². The van der Waals surface area contributed by atoms with Crippen LogP contribution in [0.5, 0.6) is 0 Å². The molecule has 2 rings (SSSR count). The Morgan fingerprint density at radius 2 is 1.74 bits per heavy atom. The number of amides is 1. The minimum atomic E-state index is -3.76. The van der Waals surface area contributed by atoms with E-state index in [0.29, 0.717) is 13.0 Å². The van der Waals surface area contributed by atoms with Gasteiger partial charge in [0.15, 0.2) is 0 Å². The number of nitrogens with zero attached hydrogens (tertiary/aromatic N) is 1. The van der Waals surface area contributed by atoms with Crippen molar-refractivity contribution in [3.05, 3.63) is 64.6 Å². The maximum atomic E-state index is 13.1. The minimum Gasteiger partial charge on any atom is -0.355 e. The van der Waals surface area contributed by atoms with E-state index >= 15 is 0 Å². The van der Waals surface area contributed by atoms with Crippen LogP contribution < -0.4 is 5.32 Å². The quantitative estimate of drug-likeness (QED) is 0.559. The van der Waals surface area contributed by atoms with Crippen LogP contribution in [0.1, 0.15) is 25.3 Å². The number of nitrogens with one attached hydrogen (secondary N) is 1. The third kappa shape index (κ3) is 6.75. The molecular formula is C20H25BrN2O3S. The number of sulfonamides is 1. The Balaban J connectivity index is 2.16. The summed E-state index contributed by atoms with van der Waals surface area (Å²) in [4.78, 5) is 12.4. The molecule has 0 bridgehead atoms. The molecule has 0 saturated heterocycles. The summed E-state index contributed by atoms with van der Waals surface area (Å²) < 4.78 is 28.2. The van der Waals surface area contributed by atoms with Crippen molar-refractivity contribution in [2.24, 2.45) is 0 Å². The van der Waals surface area contributed by atoms with E-state index in [-0.39, 0.29) is 23.9 Å². The fraction of sp³-hybridized carbons (Fsp3) is 0.350. The molecule has 1 N–H and O–H groups in total. The largest absolute Gasteiger partial charge is 0.355 e. The van der Waals surface area contributed by atoms with Crippen molar-refractivity contribution in [1.82, 2.24) is 9.62 Å². The summed E-state index contributed by atoms with van der Waals surface area (Å²) in [6, 6.07) is 16.1. The number of unbranched alkanes of at least 4 members (excludes halogenated alkanes) is 1. The SMILES string of the molecule is CCCCNC(=O)CN(CCc1ccccc1)S(=O)(=O)c1ccc(Br)cc1. The van der Waals surface area contributed by atoms with Crippen molar-refractivity contribution in [2.75, 3.05) is 19.6 Å². The fourth-order valence-corrected chi connectivity index (χ4v) is 4.22. The summed E-state index contributed by atoms with van der Waals surface area (Å²) in [6.07, 6.45) is 2.38. The van der Waals surface area contributed by atoms with Crippen molar-refractivity contribution in [1.29, 1.82) is 0 Å². The Kier molecular flexibility index (Phi) is 8.47. The number of benzene rings is 2. The first-order chi connectivity index (χ1) is 12.9. The normalized spacial score (nSPS) is 11.5. The Morgan fingerprint density at radius 3 is 2.37 bits per heavy atom. The molecule has 0 radical (unpaired) electrons. The van der Waals surface area contributed by atoms with E-state index in [1.165, 1.54) is 4.31 Å². The molecule has 0 atom stereocenters. The predicted octanol–water partition coefficient (Wildman–Crippen LogP) is 3.60. The van der Waals surface area contributed by atoms with Crippen molar-refractivity contribution in [3.63, 3.8) is 0 Å². The number of carbonyl (C=O) groups excluding carboxylic acids is 1. The van der Waals surface area contributed by atoms with Crippen LogP contribution >= 0.6 is 15.9 Å². The van der Waals surface area contributed by atoms with E-state index in [9.17, 15) is 13.2 Å². The van der Waals surface area contributed by atoms with E-state index in [4.69, 9.17) is 0 Å². The van der Waals surface area contributed by atoms with E-state index in [1.807, 2.05) is 37.3 Å². The zero-order chi connectivity index (χ0) is 19.7. The van der Waals surface area contributed by atoms with Crippen molar-refractivity contribution >= 4 is 31.9 Å². The van der Waals surface area contributed by atoms with E-state index in [1.54, 1.807) is 24.3 Å². The lowest BCUT2D eigenvalue weighted by molar-refractivity contribution is -0.121. The van der Waals surface area contributed by atoms with E-state index in [0.717, 1.165) is 22.9 Å². The summed E-state index contributed by atoms with van der Waals surface area (Å²) >= 11 is 3.31. The van der Waals surface area contributed by atoms with Crippen molar-refractivity contribution in [2.45, 2.75) is 31.1 Å². The zero-order valence-corrected chi connectivity index (χ0v) is 17.8. The van der Waals surface area contributed by atoms with Gasteiger partial charge in [0.1, 0.15) is 0 Å². The van der Waals surface area contributed by atoms with Crippen LogP contribution in [0.2, 0.25) is 0 Å². The highest BCUT2D eigenvalue weighted by molar-refractivity contribution is 9.10. The molecule has 2 aromatic rings. The average Bonchev–Trinajstić information content (AvgIpc) is 2.66. The summed E-state index contributed by atoms with van der Waals surface area (Å²) in [7, 11) is -3.76. The van der Waals surface area contributed by atoms with Gasteiger partial charge < -0.3 is 5.32 Å². The smallest absolute Gasteiger partial charge is 0.243 e. The lowest BCUT2D eigenvalue weighted by atomic mass is 10.1. The molecule has 0 spiro atoms. The molecule has 0 saturated carbocycles. The third-order valence-corrected chi connectivity index (χ3v) is 6.50. The molecule has 146 valence electrons. The molecule has 0 unspecified atom stereocenters. The number of hydrogen-bond donors (Lipinski definition) is 1. The highest BCUT2D eigenvalue weighted by Crippen LogP contribution is 2.19. The van der Waals surface area contributed by atoms with Gasteiger partial charge in [-0.05, 0) is 42.7 Å². The van der Waals surface area contributed by atoms with Crippen LogP contribution in [-0.2, 0) is 21.2 Å². The molecule has 0 aliphatic rings. The highest BCUT2D eigenvalue weighted by Gasteiger charge is 2.26. The molecule has 7 heteroatoms. The molecule has 0 aliphatic carbocycles. The minimum absolute atomic E-state index is 0.181. The number of rotatable bonds is 10. The first kappa shape index (κ1) is 21.6. The summed E-state index contributed by atoms with van der Waals surface area (Å²) in [5, 5.41) is 2.79. The van der Waals surface area contributed by atoms with Crippen LogP contribution in [0.25, 0.3) is 0 Å². The van der Waals surface area contributed by atoms with Gasteiger partial charge in [-0.1, -0.05) is 59.6 Å². The van der Waals surface area contributed by atoms with E-state index in [2.05, 4.69) is 21.2 Å². The second-order valence-corrected chi connectivity index (χ2v) is 9.09. The van der Waals surface area contributed by atoms with Gasteiger partial charge in [0.25, 0.3) is 0 Å². The van der Waals surface area contributed by atoms with Gasteiger partial charge in [-0.3, -0.25) is 4.79 Å². The van der Waals surface area contributed by atoms with Crippen LogP contribution in [0.15, 0.2) is 64.0 Å². The number of carbonyl (C=O) groups is 1. The highest BCUT2D eigenvalue weighted by atomic mass is 79.9. The number of hydrogen-bond acceptors (Lipinski definition) is 3.